The van der Waals surface area contributed by atoms with Gasteiger partial charge >= 0.3 is 0 Å². The van der Waals surface area contributed by atoms with Crippen LogP contribution < -0.4 is 0 Å². The fourth-order valence-corrected chi connectivity index (χ4v) is 8.57. The first-order valence-corrected chi connectivity index (χ1v) is 22.3. The maximum Gasteiger partial charge on any atom is 0.148 e. The van der Waals surface area contributed by atoms with Crippen molar-refractivity contribution in [3.63, 3.8) is 0 Å². The van der Waals surface area contributed by atoms with Crippen LogP contribution in [0.3, 0.4) is 0 Å². The van der Waals surface area contributed by atoms with Gasteiger partial charge < -0.3 is 5.11 Å². The molecule has 8 aromatic rings. The van der Waals surface area contributed by atoms with Crippen molar-refractivity contribution in [3.05, 3.63) is 167 Å². The van der Waals surface area contributed by atoms with Crippen molar-refractivity contribution in [2.24, 2.45) is 5.92 Å². The normalized spacial score (nSPS) is 14.7. The van der Waals surface area contributed by atoms with Gasteiger partial charge in [-0.3, -0.25) is 9.55 Å². The van der Waals surface area contributed by atoms with Gasteiger partial charge in [-0.2, -0.15) is 0 Å². The van der Waals surface area contributed by atoms with E-state index in [-0.39, 0.29) is 49.6 Å². The second kappa shape index (κ2) is 18.7. The van der Waals surface area contributed by atoms with Gasteiger partial charge in [0.15, 0.2) is 0 Å². The molecule has 0 aliphatic rings. The van der Waals surface area contributed by atoms with E-state index < -0.39 is 26.0 Å². The zero-order valence-corrected chi connectivity index (χ0v) is 41.0. The molecule has 2 heterocycles. The van der Waals surface area contributed by atoms with E-state index in [0.717, 1.165) is 56.5 Å². The summed E-state index contributed by atoms with van der Waals surface area (Å²) in [4.78, 5) is 10.4. The summed E-state index contributed by atoms with van der Waals surface area (Å²) in [6, 6.07) is 44.8. The van der Waals surface area contributed by atoms with Crippen molar-refractivity contribution < 1.29 is 38.5 Å². The number of rotatable bonds is 10. The van der Waals surface area contributed by atoms with Crippen LogP contribution in [-0.2, 0) is 38.3 Å². The van der Waals surface area contributed by atoms with Crippen LogP contribution in [0.4, 0.5) is 0 Å². The zero-order valence-electron chi connectivity index (χ0n) is 47.7. The molecule has 0 bridgehead atoms. The van der Waals surface area contributed by atoms with Crippen LogP contribution in [0, 0.1) is 12.0 Å². The summed E-state index contributed by atoms with van der Waals surface area (Å²) in [5.41, 5.74) is 10.2. The van der Waals surface area contributed by atoms with Gasteiger partial charge in [0.05, 0.1) is 16.6 Å². The third kappa shape index (κ3) is 9.85. The second-order valence-electron chi connectivity index (χ2n) is 19.3. The number of phenolic OH excluding ortho intramolecular Hbond substituents is 1. The molecular weight excluding hydrogens is 974 g/mol. The molecule has 0 atom stereocenters. The molecule has 5 heteroatoms. The van der Waals surface area contributed by atoms with Crippen LogP contribution in [0.15, 0.2) is 134 Å². The molecule has 0 amide bonds. The van der Waals surface area contributed by atoms with Gasteiger partial charge in [-0.1, -0.05) is 179 Å². The number of hydrogen-bond acceptors (Lipinski definition) is 3. The van der Waals surface area contributed by atoms with Crippen molar-refractivity contribution in [3.8, 4) is 67.5 Å². The summed E-state index contributed by atoms with van der Waals surface area (Å²) in [5, 5.41) is 12.3. The number of para-hydroxylation sites is 1. The largest absolute Gasteiger partial charge is 0.507 e. The minimum absolute atomic E-state index is 0. The average Bonchev–Trinajstić information content (AvgIpc) is 3.70. The Labute approximate surface area is 415 Å². The van der Waals surface area contributed by atoms with E-state index in [1.807, 2.05) is 18.2 Å². The van der Waals surface area contributed by atoms with Gasteiger partial charge in [-0.25, -0.2) is 4.98 Å². The fraction of sp³-hybridized carbons (Fsp3) is 0.300. The number of pyridine rings is 1. The van der Waals surface area contributed by atoms with Crippen LogP contribution in [0.2, 0.25) is 0 Å². The van der Waals surface area contributed by atoms with Gasteiger partial charge in [-0.05, 0) is 110 Å². The number of aromatic nitrogens is 3. The van der Waals surface area contributed by atoms with Crippen LogP contribution in [-0.4, -0.2) is 19.6 Å². The molecule has 8 rings (SSSR count). The molecule has 0 saturated heterocycles. The van der Waals surface area contributed by atoms with E-state index in [2.05, 4.69) is 152 Å². The van der Waals surface area contributed by atoms with E-state index in [0.29, 0.717) is 39.7 Å². The first-order valence-electron chi connectivity index (χ1n) is 26.8. The Balaban J connectivity index is 0.00000800. The molecule has 6 aromatic carbocycles. The quantitative estimate of drug-likeness (QED) is 0.139. The van der Waals surface area contributed by atoms with Gasteiger partial charge in [0.1, 0.15) is 11.6 Å². The van der Waals surface area contributed by atoms with Crippen LogP contribution in [0.5, 0.6) is 5.75 Å². The van der Waals surface area contributed by atoms with Gasteiger partial charge in [-0.15, -0.1) is 29.3 Å². The minimum atomic E-state index is -3.37. The van der Waals surface area contributed by atoms with Crippen LogP contribution >= 0.6 is 0 Å². The molecule has 0 spiro atoms. The van der Waals surface area contributed by atoms with Crippen molar-refractivity contribution in [1.29, 1.82) is 0 Å². The molecule has 1 N–H and O–H groups in total. The Bertz CT molecular complexity index is 3270. The van der Waals surface area contributed by atoms with E-state index >= 15 is 0 Å². The van der Waals surface area contributed by atoms with Gasteiger partial charge in [0.25, 0.3) is 0 Å². The standard InChI is InChI=1S/C60H64N3O.Pt/c1-37(2)29-44-33-49(25-26-50(44)41-17-14-13-15-18-41)63-55-20-16-19-51(56(55)62-58(63)53-35-43(38(3)4)34-52(39(5)6)57(53)64)45-30-46(32-48(31-45)60(10,11)12)54-36-42(27-28-61-54)40-21-23-47(24-22-40)59(7,8)9;/h13-28,31-39,64H,29H2,1-12H3;/q-1;/i7D3,8D3,9D3;. The fourth-order valence-electron chi connectivity index (χ4n) is 8.57. The first kappa shape index (κ1) is 36.6. The molecule has 0 aliphatic carbocycles. The molecule has 0 aliphatic heterocycles. The summed E-state index contributed by atoms with van der Waals surface area (Å²) < 4.78 is 76.0. The zero-order chi connectivity index (χ0) is 53.2. The Kier molecular flexibility index (Phi) is 10.6. The number of fused-ring (bicyclic) bond motifs is 1. The van der Waals surface area contributed by atoms with E-state index in [4.69, 9.17) is 22.3 Å². The van der Waals surface area contributed by atoms with Crippen molar-refractivity contribution in [2.45, 2.75) is 112 Å². The average molecular weight is 1050 g/mol. The molecule has 0 unspecified atom stereocenters. The third-order valence-corrected chi connectivity index (χ3v) is 12.1. The van der Waals surface area contributed by atoms with Crippen LogP contribution in [0.1, 0.15) is 135 Å². The Hall–Kier alpha value is -5.57. The first-order chi connectivity index (χ1) is 34.1. The van der Waals surface area contributed by atoms with Crippen molar-refractivity contribution in [2.75, 3.05) is 0 Å². The summed E-state index contributed by atoms with van der Waals surface area (Å²) >= 11 is 0. The molecule has 0 fully saturated rings. The van der Waals surface area contributed by atoms with Crippen molar-refractivity contribution in [1.82, 2.24) is 14.5 Å². The Morgan fingerprint density at radius 2 is 1.37 bits per heavy atom. The molecule has 0 radical (unpaired) electrons. The molecule has 2 aromatic heterocycles. The predicted octanol–water partition coefficient (Wildman–Crippen LogP) is 16.3. The topological polar surface area (TPSA) is 50.9 Å². The van der Waals surface area contributed by atoms with E-state index in [9.17, 15) is 5.11 Å². The molecule has 0 saturated carbocycles. The smallest absolute Gasteiger partial charge is 0.148 e. The number of phenols is 1. The summed E-state index contributed by atoms with van der Waals surface area (Å²) in [7, 11) is 0. The maximum atomic E-state index is 12.3. The summed E-state index contributed by atoms with van der Waals surface area (Å²) in [6.45, 7) is 9.33. The molecular formula is C60H64N3OPt-. The van der Waals surface area contributed by atoms with Gasteiger partial charge in [0, 0.05) is 51.0 Å². The monoisotopic (exact) mass is 1050 g/mol. The summed E-state index contributed by atoms with van der Waals surface area (Å²) in [5.74, 6) is 1.46. The van der Waals surface area contributed by atoms with Crippen LogP contribution in [0.25, 0.3) is 72.7 Å². The van der Waals surface area contributed by atoms with Crippen molar-refractivity contribution >= 4 is 11.0 Å². The predicted molar refractivity (Wildman–Crippen MR) is 271 cm³/mol. The SMILES string of the molecule is [2H]C([2H])([2H])C(c1ccc(-c2ccnc(-c3[c-]c(-c4cccc5c4nc(-c4cc(C(C)C)cc(C(C)C)c4O)n5-c4ccc(-c5ccccc5)c(CC(C)C)c4)cc(C(C)(C)C)c3)c2)cc1)(C([2H])([2H])[2H])C([2H])([2H])[2H].[Pt]. The third-order valence-electron chi connectivity index (χ3n) is 12.1. The maximum absolute atomic E-state index is 12.3. The number of hydrogen-bond donors (Lipinski definition) is 1. The minimum Gasteiger partial charge on any atom is -0.507 e. The Morgan fingerprint density at radius 3 is 2.03 bits per heavy atom. The number of imidazole rings is 1. The summed E-state index contributed by atoms with van der Waals surface area (Å²) in [6.07, 6.45) is 2.53. The van der Waals surface area contributed by atoms with E-state index in [1.54, 1.807) is 24.4 Å². The molecule has 336 valence electrons. The number of nitrogens with zero attached hydrogens (tertiary/aromatic N) is 3. The number of aromatic hydroxyl groups is 1. The molecule has 65 heavy (non-hydrogen) atoms. The Morgan fingerprint density at radius 1 is 0.646 bits per heavy atom. The second-order valence-corrected chi connectivity index (χ2v) is 19.3. The molecule has 4 nitrogen and oxygen atoms in total. The van der Waals surface area contributed by atoms with E-state index in [1.165, 1.54) is 23.3 Å². The number of benzene rings is 6. The van der Waals surface area contributed by atoms with Gasteiger partial charge in [0.2, 0.25) is 0 Å².